The molecule has 0 saturated heterocycles. The van der Waals surface area contributed by atoms with E-state index in [1.807, 2.05) is 0 Å². The lowest BCUT2D eigenvalue weighted by Crippen LogP contribution is -2.21. The normalized spacial score (nSPS) is 12.2. The Labute approximate surface area is 125 Å². The molecule has 0 spiro atoms. The van der Waals surface area contributed by atoms with Crippen LogP contribution in [0.25, 0.3) is 0 Å². The predicted octanol–water partition coefficient (Wildman–Crippen LogP) is 4.38. The Morgan fingerprint density at radius 3 is 2.40 bits per heavy atom. The average Bonchev–Trinajstić information content (AvgIpc) is 2.35. The van der Waals surface area contributed by atoms with E-state index in [1.54, 1.807) is 18.2 Å². The smallest absolute Gasteiger partial charge is 0.130 e. The molecule has 0 saturated carbocycles. The van der Waals surface area contributed by atoms with Gasteiger partial charge in [0.2, 0.25) is 0 Å². The molecule has 3 N–H and O–H groups in total. The zero-order valence-corrected chi connectivity index (χ0v) is 11.8. The first-order valence-corrected chi connectivity index (χ1v) is 6.63. The number of halogens is 4. The van der Waals surface area contributed by atoms with Gasteiger partial charge >= 0.3 is 0 Å². The van der Waals surface area contributed by atoms with Gasteiger partial charge in [-0.1, -0.05) is 29.3 Å². The van der Waals surface area contributed by atoms with Crippen molar-refractivity contribution in [3.05, 3.63) is 63.6 Å². The van der Waals surface area contributed by atoms with Gasteiger partial charge in [-0.25, -0.2) is 8.78 Å². The number of hydrogen-bond acceptors (Lipinski definition) is 2. The minimum Gasteiger partial charge on any atom is -0.377 e. The average molecular weight is 317 g/mol. The number of hydrogen-bond donors (Lipinski definition) is 2. The molecule has 0 aliphatic heterocycles. The van der Waals surface area contributed by atoms with Gasteiger partial charge in [0.05, 0.1) is 6.04 Å². The van der Waals surface area contributed by atoms with Crippen LogP contribution in [0, 0.1) is 11.6 Å². The van der Waals surface area contributed by atoms with Crippen molar-refractivity contribution in [3.8, 4) is 0 Å². The summed E-state index contributed by atoms with van der Waals surface area (Å²) in [6.07, 6.45) is 0. The molecule has 0 aliphatic carbocycles. The maximum absolute atomic E-state index is 13.9. The third-order valence-electron chi connectivity index (χ3n) is 2.78. The standard InChI is InChI=1S/C14H12Cl2F2N2/c15-8-1-2-12(13(18)5-8)14(7-19)20-11-4-9(16)3-10(17)6-11/h1-6,14,20H,7,19H2. The fraction of sp³-hybridized carbons (Fsp3) is 0.143. The SMILES string of the molecule is NCC(Nc1cc(F)cc(Cl)c1)c1ccc(Cl)cc1F. The van der Waals surface area contributed by atoms with Crippen molar-refractivity contribution in [3.63, 3.8) is 0 Å². The quantitative estimate of drug-likeness (QED) is 0.878. The molecule has 0 fully saturated rings. The third kappa shape index (κ3) is 3.60. The molecule has 2 aromatic carbocycles. The maximum atomic E-state index is 13.9. The van der Waals surface area contributed by atoms with Crippen molar-refractivity contribution in [1.29, 1.82) is 0 Å². The summed E-state index contributed by atoms with van der Waals surface area (Å²) in [5.74, 6) is -0.949. The molecule has 1 atom stereocenters. The molecule has 20 heavy (non-hydrogen) atoms. The van der Waals surface area contributed by atoms with E-state index in [9.17, 15) is 8.78 Å². The van der Waals surface area contributed by atoms with Crippen LogP contribution in [0.2, 0.25) is 10.0 Å². The summed E-state index contributed by atoms with van der Waals surface area (Å²) in [6.45, 7) is 0.132. The fourth-order valence-electron chi connectivity index (χ4n) is 1.89. The van der Waals surface area contributed by atoms with Gasteiger partial charge in [0.25, 0.3) is 0 Å². The van der Waals surface area contributed by atoms with Crippen LogP contribution in [-0.2, 0) is 0 Å². The highest BCUT2D eigenvalue weighted by molar-refractivity contribution is 6.31. The molecular weight excluding hydrogens is 305 g/mol. The molecular formula is C14H12Cl2F2N2. The molecule has 0 radical (unpaired) electrons. The van der Waals surface area contributed by atoms with Crippen LogP contribution in [0.5, 0.6) is 0 Å². The van der Waals surface area contributed by atoms with Gasteiger partial charge in [0.1, 0.15) is 11.6 Å². The van der Waals surface area contributed by atoms with Crippen molar-refractivity contribution in [2.45, 2.75) is 6.04 Å². The van der Waals surface area contributed by atoms with E-state index >= 15 is 0 Å². The molecule has 2 rings (SSSR count). The van der Waals surface area contributed by atoms with E-state index in [4.69, 9.17) is 28.9 Å². The first-order valence-electron chi connectivity index (χ1n) is 5.87. The lowest BCUT2D eigenvalue weighted by atomic mass is 10.1. The van der Waals surface area contributed by atoms with E-state index < -0.39 is 17.7 Å². The molecule has 0 aromatic heterocycles. The van der Waals surface area contributed by atoms with Gasteiger partial charge < -0.3 is 11.1 Å². The van der Waals surface area contributed by atoms with Crippen molar-refractivity contribution in [2.24, 2.45) is 5.73 Å². The maximum Gasteiger partial charge on any atom is 0.130 e. The van der Waals surface area contributed by atoms with Crippen LogP contribution in [0.4, 0.5) is 14.5 Å². The van der Waals surface area contributed by atoms with Crippen LogP contribution in [0.1, 0.15) is 11.6 Å². The first kappa shape index (κ1) is 15.0. The third-order valence-corrected chi connectivity index (χ3v) is 3.23. The Morgan fingerprint density at radius 1 is 1.05 bits per heavy atom. The fourth-order valence-corrected chi connectivity index (χ4v) is 2.27. The molecule has 0 amide bonds. The highest BCUT2D eigenvalue weighted by Gasteiger charge is 2.15. The monoisotopic (exact) mass is 316 g/mol. The summed E-state index contributed by atoms with van der Waals surface area (Å²) in [5.41, 5.74) is 6.44. The topological polar surface area (TPSA) is 38.0 Å². The van der Waals surface area contributed by atoms with Gasteiger partial charge in [0, 0.05) is 27.8 Å². The minimum absolute atomic E-state index is 0.132. The molecule has 106 valence electrons. The Kier molecular flexibility index (Phi) is 4.81. The number of nitrogens with one attached hydrogen (secondary N) is 1. The molecule has 2 nitrogen and oxygen atoms in total. The van der Waals surface area contributed by atoms with Crippen LogP contribution >= 0.6 is 23.2 Å². The second-order valence-corrected chi connectivity index (χ2v) is 5.13. The van der Waals surface area contributed by atoms with Crippen molar-refractivity contribution in [1.82, 2.24) is 0 Å². The van der Waals surface area contributed by atoms with Crippen molar-refractivity contribution < 1.29 is 8.78 Å². The minimum atomic E-state index is -0.509. The van der Waals surface area contributed by atoms with E-state index in [-0.39, 0.29) is 11.6 Å². The number of nitrogens with two attached hydrogens (primary N) is 1. The van der Waals surface area contributed by atoms with E-state index in [0.717, 1.165) is 0 Å². The largest absolute Gasteiger partial charge is 0.377 e. The van der Waals surface area contributed by atoms with Crippen LogP contribution < -0.4 is 11.1 Å². The van der Waals surface area contributed by atoms with Gasteiger partial charge in [-0.05, 0) is 30.3 Å². The van der Waals surface area contributed by atoms with E-state index in [1.165, 1.54) is 18.2 Å². The second kappa shape index (κ2) is 6.39. The number of benzene rings is 2. The summed E-state index contributed by atoms with van der Waals surface area (Å²) < 4.78 is 27.1. The summed E-state index contributed by atoms with van der Waals surface area (Å²) >= 11 is 11.5. The molecule has 6 heteroatoms. The lowest BCUT2D eigenvalue weighted by Gasteiger charge is -2.19. The van der Waals surface area contributed by atoms with Crippen LogP contribution in [0.15, 0.2) is 36.4 Å². The van der Waals surface area contributed by atoms with Crippen LogP contribution in [0.3, 0.4) is 0 Å². The van der Waals surface area contributed by atoms with Gasteiger partial charge in [-0.3, -0.25) is 0 Å². The van der Waals surface area contributed by atoms with Gasteiger partial charge in [-0.2, -0.15) is 0 Å². The molecule has 0 heterocycles. The second-order valence-electron chi connectivity index (χ2n) is 4.26. The van der Waals surface area contributed by atoms with Crippen LogP contribution in [-0.4, -0.2) is 6.54 Å². The first-order chi connectivity index (χ1) is 9.49. The summed E-state index contributed by atoms with van der Waals surface area (Å²) in [6, 6.07) is 7.81. The Balaban J connectivity index is 2.28. The Morgan fingerprint density at radius 2 is 1.80 bits per heavy atom. The zero-order valence-electron chi connectivity index (χ0n) is 10.3. The van der Waals surface area contributed by atoms with E-state index in [2.05, 4.69) is 5.32 Å². The zero-order chi connectivity index (χ0) is 14.7. The number of rotatable bonds is 4. The summed E-state index contributed by atoms with van der Waals surface area (Å²) in [4.78, 5) is 0. The van der Waals surface area contributed by atoms with Gasteiger partial charge in [-0.15, -0.1) is 0 Å². The highest BCUT2D eigenvalue weighted by Crippen LogP contribution is 2.26. The number of anilines is 1. The predicted molar refractivity (Wildman–Crippen MR) is 78.2 cm³/mol. The Bertz CT molecular complexity index is 600. The molecule has 2 aromatic rings. The Hall–Kier alpha value is -1.36. The molecule has 1 unspecified atom stereocenters. The van der Waals surface area contributed by atoms with Gasteiger partial charge in [0.15, 0.2) is 0 Å². The summed E-state index contributed by atoms with van der Waals surface area (Å²) in [7, 11) is 0. The molecule has 0 bridgehead atoms. The highest BCUT2D eigenvalue weighted by atomic mass is 35.5. The molecule has 0 aliphatic rings. The summed E-state index contributed by atoms with van der Waals surface area (Å²) in [5, 5.41) is 3.51. The van der Waals surface area contributed by atoms with Crippen molar-refractivity contribution in [2.75, 3.05) is 11.9 Å². The lowest BCUT2D eigenvalue weighted by molar-refractivity contribution is 0.593. The van der Waals surface area contributed by atoms with Crippen molar-refractivity contribution >= 4 is 28.9 Å². The van der Waals surface area contributed by atoms with E-state index in [0.29, 0.717) is 16.3 Å².